The Hall–Kier alpha value is -3.30. The van der Waals surface area contributed by atoms with Gasteiger partial charge in [-0.1, -0.05) is 61.7 Å². The Kier molecular flexibility index (Phi) is 5.15. The fourth-order valence-corrected chi connectivity index (χ4v) is 2.99. The predicted molar refractivity (Wildman–Crippen MR) is 109 cm³/mol. The Morgan fingerprint density at radius 3 is 2.26 bits per heavy atom. The lowest BCUT2D eigenvalue weighted by atomic mass is 9.74. The lowest BCUT2D eigenvalue weighted by Gasteiger charge is -2.35. The maximum Gasteiger partial charge on any atom is 0.158 e. The summed E-state index contributed by atoms with van der Waals surface area (Å²) >= 11 is 0. The molecule has 27 heavy (non-hydrogen) atoms. The van der Waals surface area contributed by atoms with Crippen LogP contribution in [0.2, 0.25) is 0 Å². The zero-order chi connectivity index (χ0) is 19.3. The first-order valence-corrected chi connectivity index (χ1v) is 8.59. The number of aliphatic hydroxyl groups is 1. The van der Waals surface area contributed by atoms with E-state index in [-0.39, 0.29) is 0 Å². The maximum absolute atomic E-state index is 11.0. The van der Waals surface area contributed by atoms with Crippen LogP contribution < -0.4 is 9.47 Å². The SMILES string of the molecule is C=COc1cccc(OC2=CC(C=C)(c3ccccc3)C=CC2(O)C=C)c1. The van der Waals surface area contributed by atoms with Gasteiger partial charge >= 0.3 is 0 Å². The molecule has 0 radical (unpaired) electrons. The molecule has 1 aliphatic rings. The molecule has 0 amide bonds. The first-order valence-electron chi connectivity index (χ1n) is 8.59. The van der Waals surface area contributed by atoms with E-state index in [1.807, 2.05) is 48.6 Å². The topological polar surface area (TPSA) is 38.7 Å². The van der Waals surface area contributed by atoms with Crippen LogP contribution in [0.15, 0.2) is 117 Å². The van der Waals surface area contributed by atoms with Crippen LogP contribution in [0, 0.1) is 0 Å². The third-order valence-corrected chi connectivity index (χ3v) is 4.55. The molecule has 136 valence electrons. The van der Waals surface area contributed by atoms with Crippen LogP contribution in [-0.4, -0.2) is 10.7 Å². The summed E-state index contributed by atoms with van der Waals surface area (Å²) in [5, 5.41) is 11.0. The van der Waals surface area contributed by atoms with E-state index in [4.69, 9.17) is 9.47 Å². The minimum absolute atomic E-state index is 0.347. The van der Waals surface area contributed by atoms with Gasteiger partial charge in [0.25, 0.3) is 0 Å². The second-order valence-corrected chi connectivity index (χ2v) is 6.24. The van der Waals surface area contributed by atoms with Gasteiger partial charge in [-0.15, -0.1) is 6.58 Å². The van der Waals surface area contributed by atoms with Crippen molar-refractivity contribution in [2.45, 2.75) is 11.0 Å². The molecule has 0 spiro atoms. The number of rotatable bonds is 7. The van der Waals surface area contributed by atoms with Gasteiger partial charge in [0.05, 0.1) is 11.7 Å². The van der Waals surface area contributed by atoms with Crippen LogP contribution in [0.5, 0.6) is 11.5 Å². The maximum atomic E-state index is 11.0. The molecular weight excluding hydrogens is 336 g/mol. The highest BCUT2D eigenvalue weighted by molar-refractivity contribution is 5.51. The summed E-state index contributed by atoms with van der Waals surface area (Å²) in [7, 11) is 0. The smallest absolute Gasteiger partial charge is 0.158 e. The van der Waals surface area contributed by atoms with E-state index in [1.54, 1.807) is 30.3 Å². The van der Waals surface area contributed by atoms with Crippen molar-refractivity contribution >= 4 is 0 Å². The molecule has 0 saturated heterocycles. The van der Waals surface area contributed by atoms with Crippen LogP contribution in [0.25, 0.3) is 0 Å². The lowest BCUT2D eigenvalue weighted by molar-refractivity contribution is 0.128. The van der Waals surface area contributed by atoms with Crippen molar-refractivity contribution in [3.63, 3.8) is 0 Å². The van der Waals surface area contributed by atoms with E-state index < -0.39 is 11.0 Å². The van der Waals surface area contributed by atoms with Crippen LogP contribution in [0.3, 0.4) is 0 Å². The Balaban J connectivity index is 2.05. The molecule has 0 aromatic heterocycles. The Morgan fingerprint density at radius 1 is 0.852 bits per heavy atom. The summed E-state index contributed by atoms with van der Waals surface area (Å²) in [6.07, 6.45) is 10.0. The van der Waals surface area contributed by atoms with Gasteiger partial charge in [-0.05, 0) is 35.9 Å². The third kappa shape index (κ3) is 3.64. The second kappa shape index (κ2) is 7.52. The highest BCUT2D eigenvalue weighted by Crippen LogP contribution is 2.39. The van der Waals surface area contributed by atoms with Crippen molar-refractivity contribution in [3.05, 3.63) is 122 Å². The highest BCUT2D eigenvalue weighted by atomic mass is 16.5. The van der Waals surface area contributed by atoms with Crippen molar-refractivity contribution in [2.75, 3.05) is 0 Å². The van der Waals surface area contributed by atoms with Gasteiger partial charge in [-0.2, -0.15) is 0 Å². The molecule has 0 bridgehead atoms. The minimum atomic E-state index is -1.42. The number of benzene rings is 2. The molecule has 3 rings (SSSR count). The van der Waals surface area contributed by atoms with Crippen molar-refractivity contribution in [1.29, 1.82) is 0 Å². The monoisotopic (exact) mass is 358 g/mol. The molecule has 2 aromatic rings. The fraction of sp³-hybridized carbons (Fsp3) is 0.0833. The molecule has 0 fully saturated rings. The lowest BCUT2D eigenvalue weighted by Crippen LogP contribution is -2.36. The molecule has 1 N–H and O–H groups in total. The molecule has 0 heterocycles. The largest absolute Gasteiger partial charge is 0.465 e. The molecule has 2 unspecified atom stereocenters. The Labute approximate surface area is 159 Å². The summed E-state index contributed by atoms with van der Waals surface area (Å²) in [6.45, 7) is 11.3. The minimum Gasteiger partial charge on any atom is -0.465 e. The van der Waals surface area contributed by atoms with Gasteiger partial charge in [-0.25, -0.2) is 0 Å². The van der Waals surface area contributed by atoms with E-state index in [9.17, 15) is 5.11 Å². The predicted octanol–water partition coefficient (Wildman–Crippen LogP) is 5.08. The van der Waals surface area contributed by atoms with Crippen LogP contribution in [-0.2, 0) is 5.41 Å². The van der Waals surface area contributed by atoms with E-state index in [1.165, 1.54) is 12.3 Å². The number of hydrogen-bond donors (Lipinski definition) is 1. The first kappa shape index (κ1) is 18.5. The normalized spacial score (nSPS) is 23.8. The van der Waals surface area contributed by atoms with E-state index in [0.717, 1.165) is 5.56 Å². The van der Waals surface area contributed by atoms with Crippen molar-refractivity contribution in [2.24, 2.45) is 0 Å². The van der Waals surface area contributed by atoms with Crippen LogP contribution >= 0.6 is 0 Å². The van der Waals surface area contributed by atoms with Crippen molar-refractivity contribution < 1.29 is 14.6 Å². The summed E-state index contributed by atoms with van der Waals surface area (Å²) < 4.78 is 11.4. The molecule has 3 nitrogen and oxygen atoms in total. The van der Waals surface area contributed by atoms with Crippen molar-refractivity contribution in [1.82, 2.24) is 0 Å². The van der Waals surface area contributed by atoms with Gasteiger partial charge in [0, 0.05) is 6.07 Å². The van der Waals surface area contributed by atoms with Gasteiger partial charge in [0.15, 0.2) is 5.60 Å². The molecular formula is C24H22O3. The molecule has 1 aliphatic carbocycles. The first-order chi connectivity index (χ1) is 13.0. The standard InChI is InChI=1S/C24H22O3/c1-4-23(19-11-8-7-9-12-19)15-16-24(25,5-2)22(18-23)27-21-14-10-13-20(17-21)26-6-3/h4-18,25H,1-3H2. The zero-order valence-electron chi connectivity index (χ0n) is 15.0. The molecule has 3 heteroatoms. The fourth-order valence-electron chi connectivity index (χ4n) is 2.99. The van der Waals surface area contributed by atoms with Crippen molar-refractivity contribution in [3.8, 4) is 11.5 Å². The average molecular weight is 358 g/mol. The summed E-state index contributed by atoms with van der Waals surface area (Å²) in [5.41, 5.74) is -0.996. The zero-order valence-corrected chi connectivity index (χ0v) is 15.0. The third-order valence-electron chi connectivity index (χ3n) is 4.55. The molecule has 2 atom stereocenters. The molecule has 2 aromatic carbocycles. The quantitative estimate of drug-likeness (QED) is 0.554. The van der Waals surface area contributed by atoms with Crippen LogP contribution in [0.4, 0.5) is 0 Å². The Bertz CT molecular complexity index is 910. The Morgan fingerprint density at radius 2 is 1.59 bits per heavy atom. The molecule has 0 aliphatic heterocycles. The van der Waals surface area contributed by atoms with Gasteiger partial charge in [0.2, 0.25) is 0 Å². The number of ether oxygens (including phenoxy) is 2. The van der Waals surface area contributed by atoms with E-state index in [2.05, 4.69) is 19.7 Å². The van der Waals surface area contributed by atoms with Gasteiger partial charge in [-0.3, -0.25) is 0 Å². The summed E-state index contributed by atoms with van der Waals surface area (Å²) in [4.78, 5) is 0. The highest BCUT2D eigenvalue weighted by Gasteiger charge is 2.37. The average Bonchev–Trinajstić information content (AvgIpc) is 2.71. The van der Waals surface area contributed by atoms with Gasteiger partial charge < -0.3 is 14.6 Å². The summed E-state index contributed by atoms with van der Waals surface area (Å²) in [6, 6.07) is 17.0. The second-order valence-electron chi connectivity index (χ2n) is 6.24. The summed E-state index contributed by atoms with van der Waals surface area (Å²) in [5.74, 6) is 1.47. The molecule has 0 saturated carbocycles. The number of hydrogen-bond acceptors (Lipinski definition) is 3. The van der Waals surface area contributed by atoms with Gasteiger partial charge in [0.1, 0.15) is 17.3 Å². The van der Waals surface area contributed by atoms with E-state index in [0.29, 0.717) is 17.3 Å². The number of allylic oxidation sites excluding steroid dienone is 3. The van der Waals surface area contributed by atoms with E-state index >= 15 is 0 Å². The van der Waals surface area contributed by atoms with Crippen LogP contribution in [0.1, 0.15) is 5.56 Å².